The summed E-state index contributed by atoms with van der Waals surface area (Å²) >= 11 is 0. The SMILES string of the molecule is CC(C)(C)Nc1nc(C2CN(c3ccc(CN4CCOCC4)cc3)C2)[nH]c(=O)c1C=N. The number of hydrogen-bond acceptors (Lipinski definition) is 7. The van der Waals surface area contributed by atoms with Gasteiger partial charge >= 0.3 is 0 Å². The fraction of sp³-hybridized carbons (Fsp3) is 0.522. The number of rotatable bonds is 6. The second kappa shape index (κ2) is 8.80. The average Bonchev–Trinajstić information content (AvgIpc) is 2.68. The number of aromatic amines is 1. The van der Waals surface area contributed by atoms with Crippen LogP contribution in [0.15, 0.2) is 29.1 Å². The topological polar surface area (TPSA) is 97.3 Å². The molecule has 0 aliphatic carbocycles. The number of aromatic nitrogens is 2. The van der Waals surface area contributed by atoms with Gasteiger partial charge < -0.3 is 25.3 Å². The summed E-state index contributed by atoms with van der Waals surface area (Å²) in [7, 11) is 0. The minimum atomic E-state index is -0.266. The van der Waals surface area contributed by atoms with E-state index in [1.165, 1.54) is 11.3 Å². The molecule has 0 unspecified atom stereocenters. The molecule has 0 spiro atoms. The molecule has 1 aromatic heterocycles. The number of benzene rings is 1. The summed E-state index contributed by atoms with van der Waals surface area (Å²) < 4.78 is 5.42. The predicted octanol–water partition coefficient (Wildman–Crippen LogP) is 2.41. The fourth-order valence-electron chi connectivity index (χ4n) is 3.97. The lowest BCUT2D eigenvalue weighted by Gasteiger charge is -2.40. The molecule has 0 amide bonds. The molecule has 1 aromatic carbocycles. The maximum absolute atomic E-state index is 12.5. The third-order valence-corrected chi connectivity index (χ3v) is 5.69. The number of nitrogens with zero attached hydrogens (tertiary/aromatic N) is 3. The van der Waals surface area contributed by atoms with E-state index in [1.54, 1.807) is 0 Å². The van der Waals surface area contributed by atoms with Gasteiger partial charge in [0, 0.05) is 50.2 Å². The fourth-order valence-corrected chi connectivity index (χ4v) is 3.97. The molecule has 3 N–H and O–H groups in total. The van der Waals surface area contributed by atoms with E-state index in [9.17, 15) is 4.79 Å². The van der Waals surface area contributed by atoms with Gasteiger partial charge in [-0.1, -0.05) is 12.1 Å². The zero-order chi connectivity index (χ0) is 22.0. The van der Waals surface area contributed by atoms with E-state index < -0.39 is 0 Å². The molecule has 2 aliphatic heterocycles. The van der Waals surface area contributed by atoms with Crippen LogP contribution in [0.2, 0.25) is 0 Å². The molecule has 0 saturated carbocycles. The molecule has 2 fully saturated rings. The summed E-state index contributed by atoms with van der Waals surface area (Å²) in [5, 5.41) is 10.8. The van der Waals surface area contributed by atoms with Gasteiger partial charge in [0.05, 0.1) is 24.7 Å². The van der Waals surface area contributed by atoms with Crippen LogP contribution in [-0.2, 0) is 11.3 Å². The molecule has 4 rings (SSSR count). The molecule has 8 heteroatoms. The third-order valence-electron chi connectivity index (χ3n) is 5.69. The first-order valence-corrected chi connectivity index (χ1v) is 10.9. The van der Waals surface area contributed by atoms with Crippen molar-refractivity contribution < 1.29 is 4.74 Å². The molecule has 166 valence electrons. The van der Waals surface area contributed by atoms with Crippen LogP contribution in [0.5, 0.6) is 0 Å². The molecular formula is C23H32N6O2. The van der Waals surface area contributed by atoms with Crippen molar-refractivity contribution in [3.8, 4) is 0 Å². The molecule has 31 heavy (non-hydrogen) atoms. The number of ether oxygens (including phenoxy) is 1. The Bertz CT molecular complexity index is 967. The molecule has 3 heterocycles. The number of morpholine rings is 1. The van der Waals surface area contributed by atoms with Crippen molar-refractivity contribution in [1.82, 2.24) is 14.9 Å². The zero-order valence-electron chi connectivity index (χ0n) is 18.6. The molecule has 0 radical (unpaired) electrons. The first kappa shape index (κ1) is 21.5. The van der Waals surface area contributed by atoms with Crippen molar-refractivity contribution in [3.63, 3.8) is 0 Å². The van der Waals surface area contributed by atoms with E-state index in [-0.39, 0.29) is 22.6 Å². The Morgan fingerprint density at radius 2 is 1.90 bits per heavy atom. The molecule has 0 atom stereocenters. The molecule has 8 nitrogen and oxygen atoms in total. The summed E-state index contributed by atoms with van der Waals surface area (Å²) in [5.74, 6) is 1.33. The highest BCUT2D eigenvalue weighted by Gasteiger charge is 2.31. The van der Waals surface area contributed by atoms with E-state index in [0.717, 1.165) is 52.2 Å². The van der Waals surface area contributed by atoms with Crippen LogP contribution in [0.3, 0.4) is 0 Å². The van der Waals surface area contributed by atoms with Crippen LogP contribution in [0.25, 0.3) is 0 Å². The second-order valence-corrected chi connectivity index (χ2v) is 9.39. The van der Waals surface area contributed by atoms with Crippen LogP contribution in [0.1, 0.15) is 43.6 Å². The minimum Gasteiger partial charge on any atom is -0.379 e. The van der Waals surface area contributed by atoms with Crippen LogP contribution >= 0.6 is 0 Å². The first-order valence-electron chi connectivity index (χ1n) is 10.9. The highest BCUT2D eigenvalue weighted by molar-refractivity contribution is 5.83. The van der Waals surface area contributed by atoms with Crippen molar-refractivity contribution >= 4 is 17.7 Å². The van der Waals surface area contributed by atoms with Gasteiger partial charge in [0.15, 0.2) is 0 Å². The molecule has 0 bridgehead atoms. The van der Waals surface area contributed by atoms with E-state index in [2.05, 4.69) is 49.4 Å². The quantitative estimate of drug-likeness (QED) is 0.616. The highest BCUT2D eigenvalue weighted by atomic mass is 16.5. The Morgan fingerprint density at radius 1 is 1.23 bits per heavy atom. The van der Waals surface area contributed by atoms with Gasteiger partial charge in [-0.2, -0.15) is 0 Å². The van der Waals surface area contributed by atoms with Crippen molar-refractivity contribution in [2.75, 3.05) is 49.6 Å². The lowest BCUT2D eigenvalue weighted by Crippen LogP contribution is -2.46. The summed E-state index contributed by atoms with van der Waals surface area (Å²) in [5.41, 5.74) is 2.26. The summed E-state index contributed by atoms with van der Waals surface area (Å²) in [6.07, 6.45) is 1.06. The maximum atomic E-state index is 12.5. The number of anilines is 2. The lowest BCUT2D eigenvalue weighted by molar-refractivity contribution is 0.0342. The van der Waals surface area contributed by atoms with Gasteiger partial charge in [-0.25, -0.2) is 4.98 Å². The number of hydrogen-bond donors (Lipinski definition) is 3. The molecule has 2 aromatic rings. The van der Waals surface area contributed by atoms with E-state index in [0.29, 0.717) is 11.6 Å². The van der Waals surface area contributed by atoms with E-state index in [1.807, 2.05) is 20.8 Å². The maximum Gasteiger partial charge on any atom is 0.261 e. The Labute approximate surface area is 183 Å². The van der Waals surface area contributed by atoms with Crippen LogP contribution in [0.4, 0.5) is 11.5 Å². The average molecular weight is 425 g/mol. The highest BCUT2D eigenvalue weighted by Crippen LogP contribution is 2.30. The first-order chi connectivity index (χ1) is 14.8. The van der Waals surface area contributed by atoms with Gasteiger partial charge in [-0.3, -0.25) is 9.69 Å². The molecule has 2 aliphatic rings. The molecular weight excluding hydrogens is 392 g/mol. The lowest BCUT2D eigenvalue weighted by atomic mass is 9.97. The largest absolute Gasteiger partial charge is 0.379 e. The summed E-state index contributed by atoms with van der Waals surface area (Å²) in [6.45, 7) is 12.2. The second-order valence-electron chi connectivity index (χ2n) is 9.39. The third kappa shape index (κ3) is 5.14. The molecule has 2 saturated heterocycles. The van der Waals surface area contributed by atoms with E-state index in [4.69, 9.17) is 10.1 Å². The van der Waals surface area contributed by atoms with Gasteiger partial charge in [0.1, 0.15) is 11.6 Å². The minimum absolute atomic E-state index is 0.168. The van der Waals surface area contributed by atoms with E-state index >= 15 is 0 Å². The van der Waals surface area contributed by atoms with Crippen LogP contribution in [-0.4, -0.2) is 66.0 Å². The van der Waals surface area contributed by atoms with Gasteiger partial charge in [-0.15, -0.1) is 0 Å². The Balaban J connectivity index is 1.40. The predicted molar refractivity (Wildman–Crippen MR) is 124 cm³/mol. The smallest absolute Gasteiger partial charge is 0.261 e. The zero-order valence-corrected chi connectivity index (χ0v) is 18.6. The number of nitrogens with one attached hydrogen (secondary N) is 3. The summed E-state index contributed by atoms with van der Waals surface area (Å²) in [6, 6.07) is 8.74. The van der Waals surface area contributed by atoms with Crippen molar-refractivity contribution in [3.05, 3.63) is 51.6 Å². The number of H-pyrrole nitrogens is 1. The van der Waals surface area contributed by atoms with Crippen molar-refractivity contribution in [2.24, 2.45) is 0 Å². The monoisotopic (exact) mass is 424 g/mol. The van der Waals surface area contributed by atoms with Crippen molar-refractivity contribution in [2.45, 2.75) is 38.8 Å². The summed E-state index contributed by atoms with van der Waals surface area (Å²) in [4.78, 5) is 24.7. The van der Waals surface area contributed by atoms with Crippen LogP contribution in [0, 0.1) is 5.41 Å². The van der Waals surface area contributed by atoms with Crippen LogP contribution < -0.4 is 15.8 Å². The van der Waals surface area contributed by atoms with Gasteiger partial charge in [0.2, 0.25) is 0 Å². The standard InChI is InChI=1S/C23H32N6O2/c1-23(2,3)27-21-19(12-24)22(30)26-20(25-21)17-14-29(15-17)18-6-4-16(5-7-18)13-28-8-10-31-11-9-28/h4-7,12,17,24H,8-11,13-15H2,1-3H3,(H2,25,26,27,30). The Hall–Kier alpha value is -2.71. The van der Waals surface area contributed by atoms with Gasteiger partial charge in [0.25, 0.3) is 5.56 Å². The Kier molecular flexibility index (Phi) is 6.11. The van der Waals surface area contributed by atoms with Gasteiger partial charge in [-0.05, 0) is 38.5 Å². The van der Waals surface area contributed by atoms with Crippen molar-refractivity contribution in [1.29, 1.82) is 5.41 Å². The normalized spacial score (nSPS) is 18.0. The Morgan fingerprint density at radius 3 is 2.52 bits per heavy atom.